The number of benzene rings is 1. The second-order valence-corrected chi connectivity index (χ2v) is 5.21. The molecule has 0 bridgehead atoms. The van der Waals surface area contributed by atoms with Crippen LogP contribution >= 0.6 is 0 Å². The number of amides is 3. The fraction of sp³-hybridized carbons (Fsp3) is 0.438. The van der Waals surface area contributed by atoms with Crippen LogP contribution in [0, 0.1) is 0 Å². The quantitative estimate of drug-likeness (QED) is 0.796. The lowest BCUT2D eigenvalue weighted by molar-refractivity contribution is 0.0693. The second kappa shape index (κ2) is 6.70. The molecule has 3 amide bonds. The average Bonchev–Trinajstić information content (AvgIpc) is 2.75. The molecule has 1 aromatic rings. The molecule has 1 N–H and O–H groups in total. The van der Waals surface area contributed by atoms with Crippen molar-refractivity contribution in [2.24, 2.45) is 0 Å². The van der Waals surface area contributed by atoms with E-state index in [1.54, 1.807) is 12.1 Å². The molecule has 6 nitrogen and oxygen atoms in total. The number of nitrogens with one attached hydrogen (secondary N) is 1. The normalized spacial score (nSPS) is 13.7. The van der Waals surface area contributed by atoms with Crippen molar-refractivity contribution in [3.63, 3.8) is 0 Å². The zero-order valence-corrected chi connectivity index (χ0v) is 13.2. The fourth-order valence-electron chi connectivity index (χ4n) is 2.47. The minimum absolute atomic E-state index is 0.232. The molecule has 1 heterocycles. The topological polar surface area (TPSA) is 69.7 Å². The van der Waals surface area contributed by atoms with Crippen LogP contribution in [0.3, 0.4) is 0 Å². The number of imide groups is 1. The smallest absolute Gasteiger partial charge is 0.261 e. The van der Waals surface area contributed by atoms with Crippen LogP contribution in [0.15, 0.2) is 18.2 Å². The molecule has 2 rings (SSSR count). The molecular weight excluding hydrogens is 282 g/mol. The lowest BCUT2D eigenvalue weighted by atomic mass is 10.1. The highest BCUT2D eigenvalue weighted by molar-refractivity contribution is 6.21. The molecule has 0 fully saturated rings. The van der Waals surface area contributed by atoms with Gasteiger partial charge in [0.1, 0.15) is 0 Å². The highest BCUT2D eigenvalue weighted by Crippen LogP contribution is 2.22. The lowest BCUT2D eigenvalue weighted by Crippen LogP contribution is -2.34. The monoisotopic (exact) mass is 303 g/mol. The summed E-state index contributed by atoms with van der Waals surface area (Å²) in [5.74, 6) is -0.920. The van der Waals surface area contributed by atoms with Crippen molar-refractivity contribution in [2.75, 3.05) is 33.2 Å². The van der Waals surface area contributed by atoms with E-state index in [2.05, 4.69) is 24.1 Å². The van der Waals surface area contributed by atoms with Crippen LogP contribution in [0.2, 0.25) is 0 Å². The van der Waals surface area contributed by atoms with Gasteiger partial charge in [0.15, 0.2) is 0 Å². The van der Waals surface area contributed by atoms with Crippen molar-refractivity contribution < 1.29 is 14.4 Å². The highest BCUT2D eigenvalue weighted by atomic mass is 16.2. The van der Waals surface area contributed by atoms with Gasteiger partial charge < -0.3 is 10.2 Å². The first-order valence-corrected chi connectivity index (χ1v) is 7.46. The first-order chi connectivity index (χ1) is 10.5. The fourth-order valence-corrected chi connectivity index (χ4v) is 2.47. The summed E-state index contributed by atoms with van der Waals surface area (Å²) in [5, 5.41) is 2.84. The third kappa shape index (κ3) is 3.01. The van der Waals surface area contributed by atoms with Crippen molar-refractivity contribution in [3.05, 3.63) is 34.9 Å². The number of hydrogen-bond acceptors (Lipinski definition) is 4. The Hall–Kier alpha value is -2.21. The Bertz CT molecular complexity index is 609. The summed E-state index contributed by atoms with van der Waals surface area (Å²) in [4.78, 5) is 39.1. The van der Waals surface area contributed by atoms with Gasteiger partial charge in [-0.05, 0) is 31.3 Å². The van der Waals surface area contributed by atoms with Crippen LogP contribution in [0.5, 0.6) is 0 Å². The molecule has 6 heteroatoms. The van der Waals surface area contributed by atoms with Gasteiger partial charge in [0.05, 0.1) is 11.1 Å². The van der Waals surface area contributed by atoms with E-state index in [0.717, 1.165) is 24.5 Å². The predicted molar refractivity (Wildman–Crippen MR) is 83.0 cm³/mol. The lowest BCUT2D eigenvalue weighted by Gasteiger charge is -2.17. The van der Waals surface area contributed by atoms with Crippen LogP contribution < -0.4 is 5.32 Å². The first kappa shape index (κ1) is 16.2. The maximum atomic E-state index is 12.1. The van der Waals surface area contributed by atoms with Crippen molar-refractivity contribution in [2.45, 2.75) is 13.8 Å². The Morgan fingerprint density at radius 1 is 1.14 bits per heavy atom. The van der Waals surface area contributed by atoms with E-state index < -0.39 is 0 Å². The number of rotatable bonds is 6. The summed E-state index contributed by atoms with van der Waals surface area (Å²) in [6, 6.07) is 4.61. The van der Waals surface area contributed by atoms with E-state index in [9.17, 15) is 14.4 Å². The molecule has 0 aliphatic carbocycles. The predicted octanol–water partition coefficient (Wildman–Crippen LogP) is 0.984. The standard InChI is InChI=1S/C16H21N3O3/c1-4-19(5-2)9-8-17-14(20)11-6-7-12-13(10-11)16(22)18(3)15(12)21/h6-7,10H,4-5,8-9H2,1-3H3,(H,17,20). The Morgan fingerprint density at radius 3 is 2.41 bits per heavy atom. The van der Waals surface area contributed by atoms with E-state index >= 15 is 0 Å². The molecular formula is C16H21N3O3. The minimum Gasteiger partial charge on any atom is -0.351 e. The molecule has 0 radical (unpaired) electrons. The SMILES string of the molecule is CCN(CC)CCNC(=O)c1ccc2c(c1)C(=O)N(C)C2=O. The van der Waals surface area contributed by atoms with Gasteiger partial charge in [0.2, 0.25) is 0 Å². The van der Waals surface area contributed by atoms with E-state index in [4.69, 9.17) is 0 Å². The summed E-state index contributed by atoms with van der Waals surface area (Å²) < 4.78 is 0. The van der Waals surface area contributed by atoms with E-state index in [-0.39, 0.29) is 17.7 Å². The largest absolute Gasteiger partial charge is 0.351 e. The van der Waals surface area contributed by atoms with Gasteiger partial charge in [0.25, 0.3) is 17.7 Å². The Balaban J connectivity index is 2.04. The third-order valence-electron chi connectivity index (χ3n) is 3.96. The zero-order valence-electron chi connectivity index (χ0n) is 13.2. The van der Waals surface area contributed by atoms with Gasteiger partial charge >= 0.3 is 0 Å². The molecule has 0 saturated carbocycles. The average molecular weight is 303 g/mol. The van der Waals surface area contributed by atoms with Crippen LogP contribution in [0.25, 0.3) is 0 Å². The van der Waals surface area contributed by atoms with E-state index in [0.29, 0.717) is 23.2 Å². The maximum Gasteiger partial charge on any atom is 0.261 e. The Labute approximate surface area is 130 Å². The molecule has 0 saturated heterocycles. The van der Waals surface area contributed by atoms with E-state index in [1.165, 1.54) is 13.1 Å². The number of carbonyl (C=O) groups excluding carboxylic acids is 3. The number of likely N-dealkylation sites (N-methyl/N-ethyl adjacent to an activating group) is 1. The molecule has 118 valence electrons. The summed E-state index contributed by atoms with van der Waals surface area (Å²) >= 11 is 0. The van der Waals surface area contributed by atoms with Crippen molar-refractivity contribution >= 4 is 17.7 Å². The van der Waals surface area contributed by atoms with Gasteiger partial charge in [-0.2, -0.15) is 0 Å². The van der Waals surface area contributed by atoms with Gasteiger partial charge in [-0.25, -0.2) is 0 Å². The van der Waals surface area contributed by atoms with Crippen molar-refractivity contribution in [1.29, 1.82) is 0 Å². The number of nitrogens with zero attached hydrogens (tertiary/aromatic N) is 2. The van der Waals surface area contributed by atoms with E-state index in [1.807, 2.05) is 0 Å². The zero-order chi connectivity index (χ0) is 16.3. The minimum atomic E-state index is -0.363. The van der Waals surface area contributed by atoms with Gasteiger partial charge in [-0.15, -0.1) is 0 Å². The van der Waals surface area contributed by atoms with Gasteiger partial charge in [-0.1, -0.05) is 13.8 Å². The molecule has 22 heavy (non-hydrogen) atoms. The van der Waals surface area contributed by atoms with Gasteiger partial charge in [-0.3, -0.25) is 19.3 Å². The van der Waals surface area contributed by atoms with Crippen molar-refractivity contribution in [1.82, 2.24) is 15.1 Å². The summed E-state index contributed by atoms with van der Waals surface area (Å²) in [7, 11) is 1.44. The third-order valence-corrected chi connectivity index (χ3v) is 3.96. The van der Waals surface area contributed by atoms with Crippen LogP contribution in [-0.2, 0) is 0 Å². The molecule has 1 aliphatic rings. The van der Waals surface area contributed by atoms with Crippen LogP contribution in [-0.4, -0.2) is 60.7 Å². The highest BCUT2D eigenvalue weighted by Gasteiger charge is 2.33. The summed E-state index contributed by atoms with van der Waals surface area (Å²) in [5.41, 5.74) is 1.05. The Morgan fingerprint density at radius 2 is 1.77 bits per heavy atom. The number of fused-ring (bicyclic) bond motifs is 1. The molecule has 0 spiro atoms. The number of hydrogen-bond donors (Lipinski definition) is 1. The molecule has 0 unspecified atom stereocenters. The summed E-state index contributed by atoms with van der Waals surface area (Å²) in [6.07, 6.45) is 0. The number of carbonyl (C=O) groups is 3. The molecule has 0 aromatic heterocycles. The van der Waals surface area contributed by atoms with Crippen LogP contribution in [0.4, 0.5) is 0 Å². The maximum absolute atomic E-state index is 12.1. The van der Waals surface area contributed by atoms with Gasteiger partial charge in [0, 0.05) is 25.7 Å². The first-order valence-electron chi connectivity index (χ1n) is 7.46. The van der Waals surface area contributed by atoms with Crippen LogP contribution in [0.1, 0.15) is 44.9 Å². The second-order valence-electron chi connectivity index (χ2n) is 5.21. The summed E-state index contributed by atoms with van der Waals surface area (Å²) in [6.45, 7) is 7.35. The Kier molecular flexibility index (Phi) is 4.92. The molecule has 1 aromatic carbocycles. The van der Waals surface area contributed by atoms with Crippen molar-refractivity contribution in [3.8, 4) is 0 Å². The molecule has 0 atom stereocenters. The molecule has 1 aliphatic heterocycles.